The van der Waals surface area contributed by atoms with Gasteiger partial charge in [-0.2, -0.15) is 0 Å². The van der Waals surface area contributed by atoms with Crippen molar-refractivity contribution in [2.45, 2.75) is 0 Å². The highest BCUT2D eigenvalue weighted by Gasteiger charge is 2.37. The number of amides is 4. The Bertz CT molecular complexity index is 5300. The lowest BCUT2D eigenvalue weighted by molar-refractivity contribution is 0.0877. The Kier molecular flexibility index (Phi) is 11.7. The second-order valence-electron chi connectivity index (χ2n) is 22.1. The molecule has 6 nitrogen and oxygen atoms in total. The number of benzene rings is 15. The monoisotopic (exact) mass is 1100 g/mol. The minimum Gasteiger partial charge on any atom is -0.268 e. The first kappa shape index (κ1) is 50.2. The number of nitrogens with zero attached hydrogens (tertiary/aromatic N) is 2. The maximum absolute atomic E-state index is 14.1. The van der Waals surface area contributed by atoms with Crippen molar-refractivity contribution in [3.63, 3.8) is 0 Å². The molecule has 2 aliphatic heterocycles. The molecule has 0 fully saturated rings. The lowest BCUT2D eigenvalue weighted by Crippen LogP contribution is -2.40. The third-order valence-corrected chi connectivity index (χ3v) is 17.3. The smallest absolute Gasteiger partial charge is 0.265 e. The van der Waals surface area contributed by atoms with E-state index in [0.717, 1.165) is 92.3 Å². The summed E-state index contributed by atoms with van der Waals surface area (Å²) < 4.78 is 0. The van der Waals surface area contributed by atoms with Crippen LogP contribution in [-0.2, 0) is 0 Å². The highest BCUT2D eigenvalue weighted by Crippen LogP contribution is 2.47. The number of hydrogen-bond acceptors (Lipinski definition) is 4. The quantitative estimate of drug-likeness (QED) is 0.123. The van der Waals surface area contributed by atoms with Crippen LogP contribution in [0.5, 0.6) is 0 Å². The van der Waals surface area contributed by atoms with Gasteiger partial charge in [0.15, 0.2) is 0 Å². The van der Waals surface area contributed by atoms with E-state index in [1.165, 1.54) is 32.1 Å². The fraction of sp³-hybridized carbons (Fsp3) is 0. The molecule has 402 valence electrons. The molecule has 4 amide bonds. The SMILES string of the molecule is O=C1c2cccc3c(-c4c5ccccc5c(-c5ccccc5)c5ccccc45)ccc(c23)C(=O)N1c1ccc2ccccc2c1.O=C1c2cccc3c(-c4ccc5cc(-c6ccccc6)ccc5c4)ccc(c23)C(=O)N1c1ccc2ccccc2c1. The van der Waals surface area contributed by atoms with E-state index in [-0.39, 0.29) is 23.6 Å². The summed E-state index contributed by atoms with van der Waals surface area (Å²) in [6.45, 7) is 0. The molecule has 0 aliphatic carbocycles. The molecule has 15 aromatic rings. The molecule has 0 bridgehead atoms. The van der Waals surface area contributed by atoms with E-state index in [0.29, 0.717) is 39.0 Å². The van der Waals surface area contributed by atoms with Gasteiger partial charge in [-0.15, -0.1) is 0 Å². The second-order valence-corrected chi connectivity index (χ2v) is 22.1. The van der Waals surface area contributed by atoms with E-state index in [4.69, 9.17) is 0 Å². The molecule has 0 radical (unpaired) electrons. The standard InChI is InChI=1S/C42H25NO2.C38H23NO2/c44-41-36-20-10-19-34-35(23-24-37(40(34)36)42(45)43(41)29-22-21-26-11-4-5-14-28(26)25-29)39-32-17-8-6-15-30(32)38(27-12-2-1-3-13-27)31-16-7-9-18-33(31)39;40-37-34-12-6-11-33-32(30-16-15-28-21-27(13-14-29(28)22-30)24-7-2-1-3-8-24)19-20-35(36(33)34)38(41)39(37)31-18-17-25-9-4-5-10-26(25)23-31/h1-25H;1-23H. The average Bonchev–Trinajstić information content (AvgIpc) is 0.945. The first-order valence-corrected chi connectivity index (χ1v) is 28.8. The van der Waals surface area contributed by atoms with E-state index in [9.17, 15) is 19.2 Å². The van der Waals surface area contributed by atoms with Crippen molar-refractivity contribution < 1.29 is 19.2 Å². The number of carbonyl (C=O) groups excluding carboxylic acids is 4. The molecular formula is C80H48N2O4. The molecule has 15 aromatic carbocycles. The van der Waals surface area contributed by atoms with Crippen molar-refractivity contribution in [3.8, 4) is 44.5 Å². The van der Waals surface area contributed by atoms with Crippen molar-refractivity contribution in [2.24, 2.45) is 0 Å². The lowest BCUT2D eigenvalue weighted by atomic mass is 9.83. The van der Waals surface area contributed by atoms with Crippen LogP contribution in [0.15, 0.2) is 291 Å². The summed E-state index contributed by atoms with van der Waals surface area (Å²) in [5.74, 6) is -1.21. The summed E-state index contributed by atoms with van der Waals surface area (Å²) >= 11 is 0. The zero-order valence-electron chi connectivity index (χ0n) is 46.2. The predicted molar refractivity (Wildman–Crippen MR) is 352 cm³/mol. The number of rotatable bonds is 6. The van der Waals surface area contributed by atoms with Crippen LogP contribution in [0.2, 0.25) is 0 Å². The van der Waals surface area contributed by atoms with E-state index in [2.05, 4.69) is 140 Å². The highest BCUT2D eigenvalue weighted by atomic mass is 16.2. The number of imide groups is 2. The van der Waals surface area contributed by atoms with Gasteiger partial charge in [0, 0.05) is 33.0 Å². The van der Waals surface area contributed by atoms with Crippen LogP contribution in [0.4, 0.5) is 11.4 Å². The van der Waals surface area contributed by atoms with Crippen molar-refractivity contribution in [1.82, 2.24) is 0 Å². The van der Waals surface area contributed by atoms with Crippen LogP contribution < -0.4 is 9.80 Å². The van der Waals surface area contributed by atoms with Gasteiger partial charge in [0.2, 0.25) is 0 Å². The first-order valence-electron chi connectivity index (χ1n) is 28.8. The summed E-state index contributed by atoms with van der Waals surface area (Å²) in [5.41, 5.74) is 12.2. The lowest BCUT2D eigenvalue weighted by Gasteiger charge is -2.28. The molecule has 0 saturated heterocycles. The van der Waals surface area contributed by atoms with Crippen molar-refractivity contribution in [3.05, 3.63) is 313 Å². The maximum atomic E-state index is 14.1. The molecule has 0 saturated carbocycles. The van der Waals surface area contributed by atoms with Gasteiger partial charge in [0.25, 0.3) is 23.6 Å². The summed E-state index contributed by atoms with van der Waals surface area (Å²) in [6.07, 6.45) is 0. The molecular weight excluding hydrogens is 1050 g/mol. The zero-order valence-corrected chi connectivity index (χ0v) is 46.2. The maximum Gasteiger partial charge on any atom is 0.265 e. The molecule has 0 spiro atoms. The van der Waals surface area contributed by atoms with Gasteiger partial charge in [0.1, 0.15) is 0 Å². The van der Waals surface area contributed by atoms with E-state index in [1.54, 1.807) is 0 Å². The van der Waals surface area contributed by atoms with Gasteiger partial charge in [-0.3, -0.25) is 19.2 Å². The van der Waals surface area contributed by atoms with Crippen LogP contribution in [0, 0.1) is 0 Å². The number of anilines is 2. The molecule has 6 heteroatoms. The van der Waals surface area contributed by atoms with Crippen LogP contribution in [0.25, 0.3) is 120 Å². The molecule has 2 heterocycles. The summed E-state index contributed by atoms with van der Waals surface area (Å²) in [5, 5.41) is 14.2. The Morgan fingerprint density at radius 3 is 1.06 bits per heavy atom. The first-order chi connectivity index (χ1) is 42.3. The van der Waals surface area contributed by atoms with Crippen molar-refractivity contribution in [1.29, 1.82) is 0 Å². The fourth-order valence-corrected chi connectivity index (χ4v) is 13.3. The van der Waals surface area contributed by atoms with E-state index < -0.39 is 0 Å². The number of hydrogen-bond donors (Lipinski definition) is 0. The third kappa shape index (κ3) is 8.03. The third-order valence-electron chi connectivity index (χ3n) is 17.3. The topological polar surface area (TPSA) is 74.8 Å². The van der Waals surface area contributed by atoms with Crippen LogP contribution in [-0.4, -0.2) is 23.6 Å². The van der Waals surface area contributed by atoms with Gasteiger partial charge < -0.3 is 0 Å². The van der Waals surface area contributed by atoms with Crippen LogP contribution >= 0.6 is 0 Å². The van der Waals surface area contributed by atoms with Gasteiger partial charge in [0.05, 0.1) is 11.4 Å². The molecule has 17 rings (SSSR count). The molecule has 0 unspecified atom stereocenters. The summed E-state index contributed by atoms with van der Waals surface area (Å²) in [4.78, 5) is 58.5. The molecule has 2 aliphatic rings. The molecule has 0 atom stereocenters. The van der Waals surface area contributed by atoms with Crippen LogP contribution in [0.3, 0.4) is 0 Å². The number of fused-ring (bicyclic) bond motifs is 5. The van der Waals surface area contributed by atoms with Gasteiger partial charge in [-0.05, 0) is 170 Å². The predicted octanol–water partition coefficient (Wildman–Crippen LogP) is 19.7. The zero-order chi connectivity index (χ0) is 57.6. The summed E-state index contributed by atoms with van der Waals surface area (Å²) in [6, 6.07) is 97.6. The average molecular weight is 1100 g/mol. The Morgan fingerprint density at radius 1 is 0.198 bits per heavy atom. The van der Waals surface area contributed by atoms with Crippen molar-refractivity contribution >= 4 is 110 Å². The largest absolute Gasteiger partial charge is 0.268 e. The normalized spacial score (nSPS) is 12.9. The molecule has 86 heavy (non-hydrogen) atoms. The minimum absolute atomic E-state index is 0.299. The fourth-order valence-electron chi connectivity index (χ4n) is 13.3. The van der Waals surface area contributed by atoms with Crippen molar-refractivity contribution in [2.75, 3.05) is 9.80 Å². The Labute approximate surface area is 494 Å². The van der Waals surface area contributed by atoms with Gasteiger partial charge >= 0.3 is 0 Å². The molecule has 0 aromatic heterocycles. The number of carbonyl (C=O) groups is 4. The summed E-state index contributed by atoms with van der Waals surface area (Å²) in [7, 11) is 0. The van der Waals surface area contributed by atoms with Gasteiger partial charge in [-0.1, -0.05) is 231 Å². The Hall–Kier alpha value is -11.6. The van der Waals surface area contributed by atoms with E-state index in [1.807, 2.05) is 152 Å². The Morgan fingerprint density at radius 2 is 0.547 bits per heavy atom. The Balaban J connectivity index is 0.000000140. The van der Waals surface area contributed by atoms with E-state index >= 15 is 0 Å². The van der Waals surface area contributed by atoms with Crippen LogP contribution in [0.1, 0.15) is 41.4 Å². The minimum atomic E-state index is -0.306. The highest BCUT2D eigenvalue weighted by molar-refractivity contribution is 6.38. The van der Waals surface area contributed by atoms with Gasteiger partial charge in [-0.25, -0.2) is 9.80 Å². The molecule has 0 N–H and O–H groups in total. The second kappa shape index (κ2) is 20.1.